The zero-order valence-electron chi connectivity index (χ0n) is 8.12. The zero-order valence-corrected chi connectivity index (χ0v) is 8.12. The van der Waals surface area contributed by atoms with Crippen LogP contribution in [0.2, 0.25) is 0 Å². The van der Waals surface area contributed by atoms with Crippen LogP contribution in [0.5, 0.6) is 11.8 Å². The lowest BCUT2D eigenvalue weighted by atomic mass is 10.2. The number of rotatable bonds is 4. The van der Waals surface area contributed by atoms with Gasteiger partial charge in [-0.05, 0) is 0 Å². The van der Waals surface area contributed by atoms with E-state index >= 15 is 0 Å². The molecule has 2 heterocycles. The Bertz CT molecular complexity index is 466. The Hall–Kier alpha value is -2.44. The second-order valence-electron chi connectivity index (χ2n) is 2.98. The minimum absolute atomic E-state index is 0.105. The number of carbonyl (C=O) groups is 1. The molecule has 2 rings (SSSR count). The minimum atomic E-state index is -0.924. The molecule has 7 nitrogen and oxygen atoms in total. The number of nitrogens with one attached hydrogen (secondary N) is 1. The molecule has 0 unspecified atom stereocenters. The van der Waals surface area contributed by atoms with Crippen LogP contribution in [0.3, 0.4) is 0 Å². The quantitative estimate of drug-likeness (QED) is 0.783. The third kappa shape index (κ3) is 2.53. The summed E-state index contributed by atoms with van der Waals surface area (Å²) in [6, 6.07) is 0.149. The van der Waals surface area contributed by atoms with E-state index in [9.17, 15) is 4.79 Å². The second kappa shape index (κ2) is 4.39. The molecule has 0 aliphatic rings. The van der Waals surface area contributed by atoms with Crippen molar-refractivity contribution in [3.63, 3.8) is 0 Å². The maximum atomic E-state index is 10.4. The first kappa shape index (κ1) is 10.1. The van der Waals surface area contributed by atoms with Gasteiger partial charge in [-0.1, -0.05) is 0 Å². The summed E-state index contributed by atoms with van der Waals surface area (Å²) >= 11 is 0. The maximum absolute atomic E-state index is 10.4. The van der Waals surface area contributed by atoms with Gasteiger partial charge in [0.2, 0.25) is 0 Å². The fraction of sp³-hybridized carbons (Fsp3) is 0.111. The van der Waals surface area contributed by atoms with E-state index < -0.39 is 5.97 Å². The molecule has 0 radical (unpaired) electrons. The summed E-state index contributed by atoms with van der Waals surface area (Å²) in [5.41, 5.74) is 0.520. The minimum Gasteiger partial charge on any atom is -0.481 e. The summed E-state index contributed by atoms with van der Waals surface area (Å²) in [6.07, 6.45) is 5.75. The third-order valence-electron chi connectivity index (χ3n) is 1.72. The molecule has 0 aromatic carbocycles. The standard InChI is InChI=1S/C9H8N4O3/c14-8(15)1-6-2-10-9(11-3-6)16-7-4-12-13-5-7/h2-5H,1H2,(H,12,13)(H,14,15). The Labute approximate surface area is 90.1 Å². The van der Waals surface area contributed by atoms with Crippen LogP contribution in [0.25, 0.3) is 0 Å². The van der Waals surface area contributed by atoms with Crippen molar-refractivity contribution in [1.82, 2.24) is 20.2 Å². The van der Waals surface area contributed by atoms with Crippen LogP contribution in [-0.4, -0.2) is 31.2 Å². The summed E-state index contributed by atoms with van der Waals surface area (Å²) < 4.78 is 5.21. The van der Waals surface area contributed by atoms with Crippen molar-refractivity contribution in [2.75, 3.05) is 0 Å². The number of ether oxygens (including phenoxy) is 1. The lowest BCUT2D eigenvalue weighted by Gasteiger charge is -2.00. The topological polar surface area (TPSA) is 101 Å². The van der Waals surface area contributed by atoms with Gasteiger partial charge < -0.3 is 9.84 Å². The summed E-state index contributed by atoms with van der Waals surface area (Å²) in [5, 5.41) is 14.8. The molecular formula is C9H8N4O3. The molecule has 0 fully saturated rings. The first-order chi connectivity index (χ1) is 7.74. The van der Waals surface area contributed by atoms with Crippen LogP contribution < -0.4 is 4.74 Å². The third-order valence-corrected chi connectivity index (χ3v) is 1.72. The normalized spacial score (nSPS) is 10.0. The highest BCUT2D eigenvalue weighted by Crippen LogP contribution is 2.14. The number of aromatic amines is 1. The lowest BCUT2D eigenvalue weighted by Crippen LogP contribution is -2.01. The van der Waals surface area contributed by atoms with Gasteiger partial charge in [0, 0.05) is 18.0 Å². The predicted molar refractivity (Wildman–Crippen MR) is 52.0 cm³/mol. The molecule has 0 bridgehead atoms. The fourth-order valence-electron chi connectivity index (χ4n) is 1.06. The monoisotopic (exact) mass is 220 g/mol. The highest BCUT2D eigenvalue weighted by atomic mass is 16.5. The van der Waals surface area contributed by atoms with E-state index in [2.05, 4.69) is 20.2 Å². The van der Waals surface area contributed by atoms with Crippen molar-refractivity contribution in [1.29, 1.82) is 0 Å². The summed E-state index contributed by atoms with van der Waals surface area (Å²) in [7, 11) is 0. The van der Waals surface area contributed by atoms with Gasteiger partial charge >= 0.3 is 12.0 Å². The molecule has 0 amide bonds. The molecule has 0 saturated heterocycles. The van der Waals surface area contributed by atoms with E-state index in [1.807, 2.05) is 0 Å². The fourth-order valence-corrected chi connectivity index (χ4v) is 1.06. The van der Waals surface area contributed by atoms with Crippen molar-refractivity contribution in [3.05, 3.63) is 30.4 Å². The summed E-state index contributed by atoms with van der Waals surface area (Å²) in [5.74, 6) is -0.432. The van der Waals surface area contributed by atoms with Gasteiger partial charge in [0.1, 0.15) is 0 Å². The zero-order chi connectivity index (χ0) is 11.4. The number of nitrogens with zero attached hydrogens (tertiary/aromatic N) is 3. The van der Waals surface area contributed by atoms with Crippen molar-refractivity contribution in [2.45, 2.75) is 6.42 Å². The first-order valence-corrected chi connectivity index (χ1v) is 4.43. The molecule has 0 saturated carbocycles. The average Bonchev–Trinajstić information content (AvgIpc) is 2.73. The SMILES string of the molecule is O=C(O)Cc1cnc(Oc2cn[nH]c2)nc1. The Morgan fingerprint density at radius 2 is 2.12 bits per heavy atom. The van der Waals surface area contributed by atoms with E-state index in [1.54, 1.807) is 6.20 Å². The average molecular weight is 220 g/mol. The van der Waals surface area contributed by atoms with Gasteiger partial charge in [-0.25, -0.2) is 9.97 Å². The Morgan fingerprint density at radius 3 is 2.69 bits per heavy atom. The van der Waals surface area contributed by atoms with Crippen molar-refractivity contribution in [2.24, 2.45) is 0 Å². The van der Waals surface area contributed by atoms with Crippen LogP contribution in [0, 0.1) is 0 Å². The van der Waals surface area contributed by atoms with Gasteiger partial charge in [0.15, 0.2) is 5.75 Å². The van der Waals surface area contributed by atoms with Crippen LogP contribution in [-0.2, 0) is 11.2 Å². The smallest absolute Gasteiger partial charge is 0.321 e. The van der Waals surface area contributed by atoms with Gasteiger partial charge in [-0.2, -0.15) is 5.10 Å². The molecule has 2 aromatic rings. The summed E-state index contributed by atoms with van der Waals surface area (Å²) in [6.45, 7) is 0. The van der Waals surface area contributed by atoms with Crippen LogP contribution in [0.15, 0.2) is 24.8 Å². The van der Waals surface area contributed by atoms with Crippen LogP contribution in [0.1, 0.15) is 5.56 Å². The maximum Gasteiger partial charge on any atom is 0.321 e. The van der Waals surface area contributed by atoms with Crippen LogP contribution in [0.4, 0.5) is 0 Å². The lowest BCUT2D eigenvalue weighted by molar-refractivity contribution is -0.136. The van der Waals surface area contributed by atoms with E-state index in [4.69, 9.17) is 9.84 Å². The molecule has 7 heteroatoms. The Morgan fingerprint density at radius 1 is 1.38 bits per heavy atom. The molecule has 0 aliphatic carbocycles. The highest BCUT2D eigenvalue weighted by Gasteiger charge is 2.04. The number of carboxylic acids is 1. The van der Waals surface area contributed by atoms with Crippen LogP contribution >= 0.6 is 0 Å². The number of hydrogen-bond acceptors (Lipinski definition) is 5. The molecule has 16 heavy (non-hydrogen) atoms. The second-order valence-corrected chi connectivity index (χ2v) is 2.98. The number of carboxylic acid groups (broad SMARTS) is 1. The highest BCUT2D eigenvalue weighted by molar-refractivity contribution is 5.69. The largest absolute Gasteiger partial charge is 0.481 e. The van der Waals surface area contributed by atoms with Gasteiger partial charge in [0.05, 0.1) is 18.8 Å². The summed E-state index contributed by atoms with van der Waals surface area (Å²) in [4.78, 5) is 18.1. The van der Waals surface area contributed by atoms with E-state index in [-0.39, 0.29) is 12.4 Å². The molecular weight excluding hydrogens is 212 g/mol. The van der Waals surface area contributed by atoms with E-state index in [0.717, 1.165) is 0 Å². The van der Waals surface area contributed by atoms with E-state index in [0.29, 0.717) is 11.3 Å². The molecule has 0 aliphatic heterocycles. The Balaban J connectivity index is 2.05. The predicted octanol–water partition coefficient (Wildman–Crippen LogP) is 0.619. The molecule has 2 aromatic heterocycles. The molecule has 0 atom stereocenters. The van der Waals surface area contributed by atoms with Gasteiger partial charge in [0.25, 0.3) is 0 Å². The van der Waals surface area contributed by atoms with Crippen molar-refractivity contribution < 1.29 is 14.6 Å². The number of aromatic nitrogens is 4. The Kier molecular flexibility index (Phi) is 2.77. The van der Waals surface area contributed by atoms with Crippen molar-refractivity contribution in [3.8, 4) is 11.8 Å². The number of H-pyrrole nitrogens is 1. The number of hydrogen-bond donors (Lipinski definition) is 2. The number of aliphatic carboxylic acids is 1. The van der Waals surface area contributed by atoms with Crippen molar-refractivity contribution >= 4 is 5.97 Å². The molecule has 82 valence electrons. The molecule has 0 spiro atoms. The van der Waals surface area contributed by atoms with Gasteiger partial charge in [-0.3, -0.25) is 9.89 Å². The van der Waals surface area contributed by atoms with Gasteiger partial charge in [-0.15, -0.1) is 0 Å². The van der Waals surface area contributed by atoms with E-state index in [1.165, 1.54) is 18.6 Å². The molecule has 2 N–H and O–H groups in total. The first-order valence-electron chi connectivity index (χ1n) is 4.43.